The summed E-state index contributed by atoms with van der Waals surface area (Å²) >= 11 is 0. The molecule has 0 aliphatic carbocycles. The van der Waals surface area contributed by atoms with Crippen LogP contribution in [0.2, 0.25) is 0 Å². The molecule has 0 aromatic heterocycles. The molecule has 1 aromatic carbocycles. The van der Waals surface area contributed by atoms with Crippen molar-refractivity contribution < 1.29 is 18.0 Å². The van der Waals surface area contributed by atoms with Crippen LogP contribution in [0.1, 0.15) is 56.0 Å². The highest BCUT2D eigenvalue weighted by Gasteiger charge is 2.28. The molecule has 28 heavy (non-hydrogen) atoms. The number of hydrogen-bond donors (Lipinski definition) is 1. The molecule has 2 amide bonds. The summed E-state index contributed by atoms with van der Waals surface area (Å²) < 4.78 is 27.3. The molecule has 0 spiro atoms. The number of hydrogen-bond acceptors (Lipinski definition) is 4. The Labute approximate surface area is 168 Å². The summed E-state index contributed by atoms with van der Waals surface area (Å²) in [6.07, 6.45) is 2.73. The number of benzene rings is 1. The van der Waals surface area contributed by atoms with E-state index >= 15 is 0 Å². The molecule has 0 unspecified atom stereocenters. The molecule has 1 fully saturated rings. The van der Waals surface area contributed by atoms with Gasteiger partial charge in [0.1, 0.15) is 0 Å². The molecule has 0 saturated carbocycles. The van der Waals surface area contributed by atoms with Crippen LogP contribution < -0.4 is 5.32 Å². The van der Waals surface area contributed by atoms with Crippen LogP contribution in [0.3, 0.4) is 0 Å². The standard InChI is InChI=1S/C20H31N3O4S/c1-15-9-10-16(28(26,27)23-11-7-6-8-12-23)13-17(15)19(25)22(5)14-18(24)21-20(2,3)4/h9-10,13H,6-8,11-12,14H2,1-5H3,(H,21,24). The summed E-state index contributed by atoms with van der Waals surface area (Å²) in [6.45, 7) is 8.27. The predicted octanol–water partition coefficient (Wildman–Crippen LogP) is 2.16. The summed E-state index contributed by atoms with van der Waals surface area (Å²) in [5.41, 5.74) is 0.578. The van der Waals surface area contributed by atoms with Crippen molar-refractivity contribution >= 4 is 21.8 Å². The van der Waals surface area contributed by atoms with E-state index < -0.39 is 10.0 Å². The van der Waals surface area contributed by atoms with Gasteiger partial charge in [0.15, 0.2) is 0 Å². The number of sulfonamides is 1. The van der Waals surface area contributed by atoms with Gasteiger partial charge in [0, 0.05) is 31.2 Å². The van der Waals surface area contributed by atoms with Crippen LogP contribution in [-0.2, 0) is 14.8 Å². The molecule has 7 nitrogen and oxygen atoms in total. The van der Waals surface area contributed by atoms with Crippen LogP contribution in [0.5, 0.6) is 0 Å². The molecule has 1 heterocycles. The van der Waals surface area contributed by atoms with Crippen molar-refractivity contribution in [1.29, 1.82) is 0 Å². The second kappa shape index (κ2) is 8.61. The van der Waals surface area contributed by atoms with Crippen molar-refractivity contribution in [1.82, 2.24) is 14.5 Å². The van der Waals surface area contributed by atoms with Gasteiger partial charge in [-0.05, 0) is 58.2 Å². The molecule has 1 N–H and O–H groups in total. The maximum absolute atomic E-state index is 12.9. The maximum atomic E-state index is 12.9. The van der Waals surface area contributed by atoms with Gasteiger partial charge in [0.05, 0.1) is 11.4 Å². The zero-order valence-corrected chi connectivity index (χ0v) is 18.2. The molecule has 1 aliphatic heterocycles. The van der Waals surface area contributed by atoms with Crippen molar-refractivity contribution in [2.45, 2.75) is 57.4 Å². The molecular formula is C20H31N3O4S. The minimum absolute atomic E-state index is 0.0986. The van der Waals surface area contributed by atoms with Crippen molar-refractivity contribution in [3.05, 3.63) is 29.3 Å². The Morgan fingerprint density at radius 3 is 2.32 bits per heavy atom. The lowest BCUT2D eigenvalue weighted by atomic mass is 10.1. The molecule has 1 aromatic rings. The molecule has 156 valence electrons. The first-order chi connectivity index (χ1) is 12.9. The quantitative estimate of drug-likeness (QED) is 0.807. The van der Waals surface area contributed by atoms with E-state index in [0.29, 0.717) is 24.2 Å². The first kappa shape index (κ1) is 22.4. The van der Waals surface area contributed by atoms with Crippen LogP contribution in [0.4, 0.5) is 0 Å². The van der Waals surface area contributed by atoms with Crippen LogP contribution in [0, 0.1) is 6.92 Å². The topological polar surface area (TPSA) is 86.8 Å². The number of carbonyl (C=O) groups is 2. The fraction of sp³-hybridized carbons (Fsp3) is 0.600. The minimum atomic E-state index is -3.62. The van der Waals surface area contributed by atoms with E-state index in [0.717, 1.165) is 19.3 Å². The highest BCUT2D eigenvalue weighted by Crippen LogP contribution is 2.23. The van der Waals surface area contributed by atoms with Crippen LogP contribution in [0.15, 0.2) is 23.1 Å². The monoisotopic (exact) mass is 409 g/mol. The van der Waals surface area contributed by atoms with E-state index in [4.69, 9.17) is 0 Å². The average Bonchev–Trinajstić information content (AvgIpc) is 2.60. The van der Waals surface area contributed by atoms with Crippen LogP contribution in [-0.4, -0.2) is 61.7 Å². The van der Waals surface area contributed by atoms with E-state index in [1.807, 2.05) is 20.8 Å². The number of rotatable bonds is 5. The first-order valence-electron chi connectivity index (χ1n) is 9.59. The highest BCUT2D eigenvalue weighted by atomic mass is 32.2. The van der Waals surface area contributed by atoms with Gasteiger partial charge < -0.3 is 10.2 Å². The van der Waals surface area contributed by atoms with Crippen molar-refractivity contribution in [2.24, 2.45) is 0 Å². The molecule has 2 rings (SSSR count). The van der Waals surface area contributed by atoms with E-state index in [-0.39, 0.29) is 28.8 Å². The van der Waals surface area contributed by atoms with Crippen LogP contribution in [0.25, 0.3) is 0 Å². The lowest BCUT2D eigenvalue weighted by Crippen LogP contribution is -2.46. The number of aryl methyl sites for hydroxylation is 1. The molecular weight excluding hydrogens is 378 g/mol. The Morgan fingerprint density at radius 1 is 1.14 bits per heavy atom. The summed E-state index contributed by atoms with van der Waals surface area (Å²) in [5, 5.41) is 2.81. The molecule has 1 aliphatic rings. The summed E-state index contributed by atoms with van der Waals surface area (Å²) in [5.74, 6) is -0.643. The second-order valence-corrected chi connectivity index (χ2v) is 10.3. The third-order valence-electron chi connectivity index (χ3n) is 4.63. The molecule has 8 heteroatoms. The smallest absolute Gasteiger partial charge is 0.254 e. The third kappa shape index (κ3) is 5.54. The Balaban J connectivity index is 2.22. The van der Waals surface area contributed by atoms with E-state index in [2.05, 4.69) is 5.32 Å². The van der Waals surface area contributed by atoms with Gasteiger partial charge in [-0.1, -0.05) is 12.5 Å². The van der Waals surface area contributed by atoms with E-state index in [1.165, 1.54) is 22.3 Å². The first-order valence-corrected chi connectivity index (χ1v) is 11.0. The van der Waals surface area contributed by atoms with E-state index in [9.17, 15) is 18.0 Å². The largest absolute Gasteiger partial charge is 0.350 e. The number of carbonyl (C=O) groups excluding carboxylic acids is 2. The zero-order valence-electron chi connectivity index (χ0n) is 17.4. The molecule has 1 saturated heterocycles. The van der Waals surface area contributed by atoms with Gasteiger partial charge in [-0.15, -0.1) is 0 Å². The van der Waals surface area contributed by atoms with Crippen molar-refractivity contribution in [2.75, 3.05) is 26.7 Å². The highest BCUT2D eigenvalue weighted by molar-refractivity contribution is 7.89. The molecule has 0 radical (unpaired) electrons. The number of nitrogens with zero attached hydrogens (tertiary/aromatic N) is 2. The van der Waals surface area contributed by atoms with Gasteiger partial charge in [0.2, 0.25) is 15.9 Å². The maximum Gasteiger partial charge on any atom is 0.254 e. The van der Waals surface area contributed by atoms with Crippen molar-refractivity contribution in [3.8, 4) is 0 Å². The van der Waals surface area contributed by atoms with Crippen LogP contribution >= 0.6 is 0 Å². The summed E-state index contributed by atoms with van der Waals surface area (Å²) in [4.78, 5) is 26.4. The predicted molar refractivity (Wildman–Crippen MR) is 109 cm³/mol. The fourth-order valence-corrected chi connectivity index (χ4v) is 4.74. The number of amides is 2. The Bertz CT molecular complexity index is 837. The lowest BCUT2D eigenvalue weighted by Gasteiger charge is -2.26. The van der Waals surface area contributed by atoms with Gasteiger partial charge in [-0.2, -0.15) is 4.31 Å². The fourth-order valence-electron chi connectivity index (χ4n) is 3.20. The lowest BCUT2D eigenvalue weighted by molar-refractivity contribution is -0.122. The van der Waals surface area contributed by atoms with Gasteiger partial charge >= 0.3 is 0 Å². The van der Waals surface area contributed by atoms with E-state index in [1.54, 1.807) is 19.1 Å². The van der Waals surface area contributed by atoms with Gasteiger partial charge in [-0.25, -0.2) is 8.42 Å². The number of piperidine rings is 1. The van der Waals surface area contributed by atoms with Crippen molar-refractivity contribution in [3.63, 3.8) is 0 Å². The average molecular weight is 410 g/mol. The Kier molecular flexibility index (Phi) is 6.88. The zero-order chi connectivity index (χ0) is 21.1. The summed E-state index contributed by atoms with van der Waals surface area (Å²) in [7, 11) is -2.09. The third-order valence-corrected chi connectivity index (χ3v) is 6.53. The number of nitrogens with one attached hydrogen (secondary N) is 1. The van der Waals surface area contributed by atoms with Gasteiger partial charge in [0.25, 0.3) is 5.91 Å². The normalized spacial score (nSPS) is 15.9. The summed E-state index contributed by atoms with van der Waals surface area (Å²) in [6, 6.07) is 4.62. The second-order valence-electron chi connectivity index (χ2n) is 8.40. The SMILES string of the molecule is Cc1ccc(S(=O)(=O)N2CCCCC2)cc1C(=O)N(C)CC(=O)NC(C)(C)C. The minimum Gasteiger partial charge on any atom is -0.350 e. The molecule has 0 atom stereocenters. The van der Waals surface area contributed by atoms with Gasteiger partial charge in [-0.3, -0.25) is 9.59 Å². The molecule has 0 bridgehead atoms. The Hall–Kier alpha value is -1.93. The number of likely N-dealkylation sites (N-methyl/N-ethyl adjacent to an activating group) is 1. The Morgan fingerprint density at radius 2 is 1.75 bits per heavy atom.